The van der Waals surface area contributed by atoms with Crippen LogP contribution in [0.3, 0.4) is 0 Å². The van der Waals surface area contributed by atoms with Gasteiger partial charge in [0, 0.05) is 59.9 Å². The highest BCUT2D eigenvalue weighted by molar-refractivity contribution is 6.01. The van der Waals surface area contributed by atoms with Crippen molar-refractivity contribution in [1.82, 2.24) is 79.1 Å². The zero-order valence-corrected chi connectivity index (χ0v) is 66.0. The molecule has 0 spiro atoms. The smallest absolute Gasteiger partial charge is 0.245 e. The Morgan fingerprint density at radius 2 is 0.835 bits per heavy atom. The lowest BCUT2D eigenvalue weighted by molar-refractivity contribution is -0.137. The van der Waals surface area contributed by atoms with Gasteiger partial charge in [0.1, 0.15) is 66.2 Å². The summed E-state index contributed by atoms with van der Waals surface area (Å²) in [7, 11) is 0. The molecule has 115 heavy (non-hydrogen) atoms. The van der Waals surface area contributed by atoms with Gasteiger partial charge in [0.2, 0.25) is 88.6 Å². The third-order valence-corrected chi connectivity index (χ3v) is 19.1. The predicted octanol–water partition coefficient (Wildman–Crippen LogP) is -2.79. The number of aliphatic hydroxyl groups is 1. The molecule has 37 nitrogen and oxygen atoms in total. The van der Waals surface area contributed by atoms with Crippen LogP contribution in [0, 0.1) is 11.8 Å². The highest BCUT2D eigenvalue weighted by Crippen LogP contribution is 2.23. The molecular weight excluding hydrogens is 1490 g/mol. The zero-order chi connectivity index (χ0) is 84.8. The molecule has 5 rings (SSSR count). The lowest BCUT2D eigenvalue weighted by Gasteiger charge is -2.30. The molecule has 0 aliphatic rings. The Morgan fingerprint density at radius 3 is 1.33 bits per heavy atom. The van der Waals surface area contributed by atoms with Crippen molar-refractivity contribution in [2.45, 2.75) is 211 Å². The number of aromatic amines is 2. The quantitative estimate of drug-likeness (QED) is 0.0175. The van der Waals surface area contributed by atoms with Crippen LogP contribution in [0.1, 0.15) is 142 Å². The molecule has 15 amide bonds. The molecule has 0 fully saturated rings. The third-order valence-electron chi connectivity index (χ3n) is 19.1. The van der Waals surface area contributed by atoms with Gasteiger partial charge in [-0.1, -0.05) is 102 Å². The largest absolute Gasteiger partial charge is 0.508 e. The normalized spacial score (nSPS) is 14.4. The number of hydrogen-bond acceptors (Lipinski definition) is 20. The van der Waals surface area contributed by atoms with Crippen molar-refractivity contribution in [1.29, 1.82) is 0 Å². The highest BCUT2D eigenvalue weighted by Gasteiger charge is 2.38. The number of nitrogens with one attached hydrogen (secondary N) is 15. The van der Waals surface area contributed by atoms with E-state index in [-0.39, 0.29) is 102 Å². The van der Waals surface area contributed by atoms with Crippen LogP contribution in [0.5, 0.6) is 5.75 Å². The van der Waals surface area contributed by atoms with E-state index in [9.17, 15) is 82.1 Å². The number of para-hydroxylation sites is 2. The first-order chi connectivity index (χ1) is 54.7. The number of aromatic nitrogens is 2. The number of rotatable bonds is 52. The lowest BCUT2D eigenvalue weighted by Crippen LogP contribution is -2.62. The molecule has 630 valence electrons. The summed E-state index contributed by atoms with van der Waals surface area (Å²) >= 11 is 0. The minimum absolute atomic E-state index is 0.0200. The van der Waals surface area contributed by atoms with Crippen molar-refractivity contribution < 1.29 is 82.1 Å². The monoisotopic (exact) mass is 1600 g/mol. The molecule has 37 heteroatoms. The zero-order valence-electron chi connectivity index (χ0n) is 66.0. The number of fused-ring (bicyclic) bond motifs is 2. The Balaban J connectivity index is 1.34. The number of benzene rings is 3. The number of aromatic hydroxyl groups is 1. The molecule has 0 saturated carbocycles. The summed E-state index contributed by atoms with van der Waals surface area (Å²) in [6.07, 6.45) is 4.24. The Morgan fingerprint density at radius 1 is 0.400 bits per heavy atom. The minimum Gasteiger partial charge on any atom is -0.508 e. The second-order valence-corrected chi connectivity index (χ2v) is 29.0. The number of phenolic OH excluding ortho intramolecular Hbond substituents is 1. The molecule has 2 heterocycles. The first-order valence-corrected chi connectivity index (χ1v) is 38.8. The molecule has 27 N–H and O–H groups in total. The summed E-state index contributed by atoms with van der Waals surface area (Å²) in [4.78, 5) is 212. The molecule has 2 aromatic heterocycles. The Bertz CT molecular complexity index is 4110. The van der Waals surface area contributed by atoms with Gasteiger partial charge in [-0.25, -0.2) is 0 Å². The number of unbranched alkanes of at least 4 members (excludes halogenated alkanes) is 2. The molecular formula is C78H116N20O17. The fraction of sp³-hybridized carbons (Fsp3) is 0.526. The number of carbonyl (C=O) groups is 15. The number of hydrogen-bond donors (Lipinski definition) is 22. The minimum atomic E-state index is -1.85. The Kier molecular flexibility index (Phi) is 39.6. The van der Waals surface area contributed by atoms with Gasteiger partial charge in [-0.05, 0) is 131 Å². The number of amides is 15. The van der Waals surface area contributed by atoms with Crippen LogP contribution in [-0.4, -0.2) is 215 Å². The van der Waals surface area contributed by atoms with Crippen molar-refractivity contribution in [3.63, 3.8) is 0 Å². The van der Waals surface area contributed by atoms with Crippen LogP contribution < -0.4 is 97.8 Å². The summed E-state index contributed by atoms with van der Waals surface area (Å²) in [5, 5.41) is 55.7. The Labute approximate surface area is 667 Å². The summed E-state index contributed by atoms with van der Waals surface area (Å²) in [5.74, 6) is -13.6. The summed E-state index contributed by atoms with van der Waals surface area (Å²) in [6.45, 7) is 8.19. The number of carbonyl (C=O) groups excluding carboxylic acids is 15. The lowest BCUT2D eigenvalue weighted by atomic mass is 9.96. The van der Waals surface area contributed by atoms with E-state index in [1.54, 1.807) is 74.8 Å². The SMILES string of the molecule is CC[C@H](C)[C@H](NC(=O)[C@@H](NC(=O)[C@H](Cc1c[nH]c2ccccc12)NC(=O)[C@@H](CCCN)NC(=O)CNC(=O)[C@H](CCCN)NC(=O)[C@@H](CCCN)NC(=O)[C@@H](Cc1c[nH]c2ccccc12)NC(=O)[C@@H](Cc1ccc(O)cc1)NC(=O)[C@@H](C)NC(=O)CCCCCC(C)C)[C@@H](C)O)C(=O)N[C@@H](CC(N)=O)C(=O)NCC(=O)NCC(N)=O. The van der Waals surface area contributed by atoms with Gasteiger partial charge in [0.05, 0.1) is 32.2 Å². The first kappa shape index (κ1) is 94.0. The van der Waals surface area contributed by atoms with Crippen molar-refractivity contribution in [3.8, 4) is 5.75 Å². The van der Waals surface area contributed by atoms with Gasteiger partial charge in [0.25, 0.3) is 0 Å². The van der Waals surface area contributed by atoms with Crippen molar-refractivity contribution >= 4 is 110 Å². The number of H-pyrrole nitrogens is 2. The van der Waals surface area contributed by atoms with Gasteiger partial charge >= 0.3 is 0 Å². The van der Waals surface area contributed by atoms with E-state index in [0.717, 1.165) is 26.2 Å². The molecule has 0 saturated heterocycles. The van der Waals surface area contributed by atoms with E-state index in [0.29, 0.717) is 50.8 Å². The average Bonchev–Trinajstić information content (AvgIpc) is 1.72. The van der Waals surface area contributed by atoms with Crippen molar-refractivity contribution in [3.05, 3.63) is 102 Å². The maximum atomic E-state index is 14.9. The van der Waals surface area contributed by atoms with E-state index in [4.69, 9.17) is 28.7 Å². The molecule has 3 aromatic carbocycles. The van der Waals surface area contributed by atoms with E-state index < -0.39 is 181 Å². The van der Waals surface area contributed by atoms with E-state index in [2.05, 4.69) is 92.9 Å². The first-order valence-electron chi connectivity index (χ1n) is 38.8. The predicted molar refractivity (Wildman–Crippen MR) is 427 cm³/mol. The molecule has 0 aliphatic heterocycles. The van der Waals surface area contributed by atoms with Crippen LogP contribution in [0.2, 0.25) is 0 Å². The maximum absolute atomic E-state index is 14.9. The fourth-order valence-electron chi connectivity index (χ4n) is 12.4. The maximum Gasteiger partial charge on any atom is 0.245 e. The van der Waals surface area contributed by atoms with Gasteiger partial charge in [0.15, 0.2) is 0 Å². The van der Waals surface area contributed by atoms with E-state index in [1.807, 2.05) is 12.1 Å². The number of phenols is 1. The fourth-order valence-corrected chi connectivity index (χ4v) is 12.4. The molecule has 12 atom stereocenters. The highest BCUT2D eigenvalue weighted by atomic mass is 16.3. The van der Waals surface area contributed by atoms with Gasteiger partial charge in [-0.15, -0.1) is 0 Å². The van der Waals surface area contributed by atoms with E-state index in [1.165, 1.54) is 19.1 Å². The van der Waals surface area contributed by atoms with Crippen LogP contribution >= 0.6 is 0 Å². The van der Waals surface area contributed by atoms with Crippen molar-refractivity contribution in [2.24, 2.45) is 40.5 Å². The molecule has 0 bridgehead atoms. The molecule has 5 aromatic rings. The topological polar surface area (TPSA) is 615 Å². The van der Waals surface area contributed by atoms with Crippen LogP contribution in [0.25, 0.3) is 21.8 Å². The third kappa shape index (κ3) is 32.1. The van der Waals surface area contributed by atoms with Gasteiger partial charge in [-0.2, -0.15) is 0 Å². The van der Waals surface area contributed by atoms with Crippen molar-refractivity contribution in [2.75, 3.05) is 39.3 Å². The van der Waals surface area contributed by atoms with E-state index >= 15 is 0 Å². The number of aliphatic hydroxyl groups excluding tert-OH is 1. The number of nitrogens with two attached hydrogens (primary N) is 5. The Hall–Kier alpha value is -11.6. The second kappa shape index (κ2) is 48.5. The second-order valence-electron chi connectivity index (χ2n) is 29.0. The molecule has 0 aliphatic carbocycles. The summed E-state index contributed by atoms with van der Waals surface area (Å²) in [5.41, 5.74) is 31.2. The number of primary amides is 2. The molecule has 0 unspecified atom stereocenters. The molecule has 0 radical (unpaired) electrons. The van der Waals surface area contributed by atoms with Crippen LogP contribution in [0.4, 0.5) is 0 Å². The van der Waals surface area contributed by atoms with Crippen LogP contribution in [-0.2, 0) is 91.2 Å². The van der Waals surface area contributed by atoms with Gasteiger partial charge < -0.3 is 118 Å². The standard InChI is InChI=1S/C78H116N20O17/c1-7-44(4)67(77(114)96-61(37-62(82)101)71(108)87-41-65(104)86-40-63(83)102)97-78(115)68(46(6)99)98-76(113)60(36-49-39-85-54-22-14-12-20-52(49)54)94-72(109)56(24-16-32-80)90-66(105)42-88-70(107)55(23-15-31-79)91-73(110)57(25-17-33-81)92-75(112)59(35-48-38-84-53-21-13-11-19-51(48)53)95-74(111)58(34-47-27-29-50(100)30-28-47)93-69(106)45(5)89-64(103)26-10-8-9-18-43(2)3/h11-14,19-22,27-30,38-39,43-46,55-61,67-68,84-85,99-100H,7-10,15-18,23-26,31-37,40-42,79-81H2,1-6H3,(H2,82,101)(H2,83,102)(H,86,104)(H,87,108)(H,88,107)(H,89,103)(H,90,105)(H,91,110)(H,92,112)(H,93,106)(H,94,109)(H,95,111)(H,96,114)(H,97,115)(H,98,113)/t44-,45+,46+,55-,56+,57+,58+,59+,60-,61-,67-,68-/m0/s1. The average molecular weight is 1610 g/mol. The summed E-state index contributed by atoms with van der Waals surface area (Å²) in [6, 6.07) is 5.33. The van der Waals surface area contributed by atoms with Gasteiger partial charge in [-0.3, -0.25) is 71.9 Å². The summed E-state index contributed by atoms with van der Waals surface area (Å²) < 4.78 is 0. The van der Waals surface area contributed by atoms with Crippen LogP contribution in [0.15, 0.2) is 85.2 Å².